The molecule has 1 unspecified atom stereocenters. The van der Waals surface area contributed by atoms with Crippen molar-refractivity contribution in [3.05, 3.63) is 69.7 Å². The summed E-state index contributed by atoms with van der Waals surface area (Å²) in [5.74, 6) is 0. The van der Waals surface area contributed by atoms with Gasteiger partial charge < -0.3 is 5.32 Å². The molecule has 102 valence electrons. The van der Waals surface area contributed by atoms with Crippen LogP contribution in [0.3, 0.4) is 0 Å². The Morgan fingerprint density at radius 1 is 1.00 bits per heavy atom. The maximum atomic E-state index is 3.59. The lowest BCUT2D eigenvalue weighted by atomic mass is 10.2. The van der Waals surface area contributed by atoms with Crippen molar-refractivity contribution in [2.45, 2.75) is 19.5 Å². The Hall–Kier alpha value is -1.42. The highest BCUT2D eigenvalue weighted by atomic mass is 32.1. The van der Waals surface area contributed by atoms with Gasteiger partial charge in [0, 0.05) is 27.2 Å². The molecule has 1 aromatic carbocycles. The van der Waals surface area contributed by atoms with E-state index in [2.05, 4.69) is 72.2 Å². The molecule has 3 rings (SSSR count). The Kier molecular flexibility index (Phi) is 4.31. The first-order chi connectivity index (χ1) is 9.83. The number of nitrogens with one attached hydrogen (secondary N) is 1. The van der Waals surface area contributed by atoms with Crippen LogP contribution >= 0.6 is 22.7 Å². The molecule has 1 nitrogen and oxygen atoms in total. The van der Waals surface area contributed by atoms with Gasteiger partial charge in [0.1, 0.15) is 0 Å². The standard InChI is InChI=1S/C17H17NS2/c1-13(16-8-5-11-19-16)18-12-15-9-10-17(20-15)14-6-3-2-4-7-14/h2-11,13,18H,12H2,1H3. The lowest BCUT2D eigenvalue weighted by molar-refractivity contribution is 0.587. The van der Waals surface area contributed by atoms with E-state index in [-0.39, 0.29) is 0 Å². The summed E-state index contributed by atoms with van der Waals surface area (Å²) in [5, 5.41) is 5.72. The lowest BCUT2D eigenvalue weighted by Crippen LogP contribution is -2.16. The van der Waals surface area contributed by atoms with Crippen LogP contribution in [-0.2, 0) is 6.54 Å². The summed E-state index contributed by atoms with van der Waals surface area (Å²) >= 11 is 3.68. The number of rotatable bonds is 5. The van der Waals surface area contributed by atoms with Gasteiger partial charge >= 0.3 is 0 Å². The molecule has 3 heteroatoms. The molecule has 3 aromatic rings. The van der Waals surface area contributed by atoms with Gasteiger partial charge in [0.25, 0.3) is 0 Å². The van der Waals surface area contributed by atoms with E-state index in [0.29, 0.717) is 6.04 Å². The Morgan fingerprint density at radius 2 is 1.85 bits per heavy atom. The highest BCUT2D eigenvalue weighted by Gasteiger charge is 2.07. The van der Waals surface area contributed by atoms with Crippen molar-refractivity contribution in [3.8, 4) is 10.4 Å². The summed E-state index contributed by atoms with van der Waals surface area (Å²) in [5.41, 5.74) is 1.30. The molecule has 0 amide bonds. The Bertz CT molecular complexity index is 641. The predicted molar refractivity (Wildman–Crippen MR) is 89.3 cm³/mol. The first kappa shape index (κ1) is 13.6. The number of hydrogen-bond donors (Lipinski definition) is 1. The summed E-state index contributed by atoms with van der Waals surface area (Å²) in [4.78, 5) is 4.11. The zero-order valence-electron chi connectivity index (χ0n) is 11.4. The number of hydrogen-bond acceptors (Lipinski definition) is 3. The fourth-order valence-electron chi connectivity index (χ4n) is 2.12. The summed E-state index contributed by atoms with van der Waals surface area (Å²) in [6.45, 7) is 3.15. The average Bonchev–Trinajstić information content (AvgIpc) is 3.17. The van der Waals surface area contributed by atoms with Crippen LogP contribution in [-0.4, -0.2) is 0 Å². The first-order valence-electron chi connectivity index (χ1n) is 6.74. The van der Waals surface area contributed by atoms with Crippen molar-refractivity contribution in [1.82, 2.24) is 5.32 Å². The average molecular weight is 299 g/mol. The van der Waals surface area contributed by atoms with Crippen LogP contribution in [0.25, 0.3) is 10.4 Å². The second-order valence-corrected chi connectivity index (χ2v) is 6.90. The Morgan fingerprint density at radius 3 is 2.60 bits per heavy atom. The number of thiophene rings is 2. The molecule has 0 saturated carbocycles. The van der Waals surface area contributed by atoms with Gasteiger partial charge in [0.15, 0.2) is 0 Å². The molecule has 1 atom stereocenters. The minimum absolute atomic E-state index is 0.414. The largest absolute Gasteiger partial charge is 0.305 e. The van der Waals surface area contributed by atoms with Crippen LogP contribution in [0.5, 0.6) is 0 Å². The van der Waals surface area contributed by atoms with Crippen LogP contribution in [0.2, 0.25) is 0 Å². The van der Waals surface area contributed by atoms with E-state index in [0.717, 1.165) is 6.54 Å². The quantitative estimate of drug-likeness (QED) is 0.671. The molecule has 0 saturated heterocycles. The fourth-order valence-corrected chi connectivity index (χ4v) is 3.85. The van der Waals surface area contributed by atoms with Gasteiger partial charge in [-0.15, -0.1) is 22.7 Å². The van der Waals surface area contributed by atoms with Crippen molar-refractivity contribution in [1.29, 1.82) is 0 Å². The SMILES string of the molecule is CC(NCc1ccc(-c2ccccc2)s1)c1cccs1. The lowest BCUT2D eigenvalue weighted by Gasteiger charge is -2.10. The monoisotopic (exact) mass is 299 g/mol. The second-order valence-electron chi connectivity index (χ2n) is 4.75. The van der Waals surface area contributed by atoms with Crippen LogP contribution in [0.4, 0.5) is 0 Å². The maximum absolute atomic E-state index is 3.59. The van der Waals surface area contributed by atoms with E-state index < -0.39 is 0 Å². The molecule has 0 fully saturated rings. The molecular weight excluding hydrogens is 282 g/mol. The summed E-state index contributed by atoms with van der Waals surface area (Å²) in [6, 6.07) is 19.7. The maximum Gasteiger partial charge on any atom is 0.0389 e. The van der Waals surface area contributed by atoms with Gasteiger partial charge in [0.05, 0.1) is 0 Å². The minimum atomic E-state index is 0.414. The molecule has 0 aliphatic heterocycles. The highest BCUT2D eigenvalue weighted by Crippen LogP contribution is 2.28. The smallest absolute Gasteiger partial charge is 0.0389 e. The number of benzene rings is 1. The van der Waals surface area contributed by atoms with Gasteiger partial charge in [-0.3, -0.25) is 0 Å². The topological polar surface area (TPSA) is 12.0 Å². The van der Waals surface area contributed by atoms with Gasteiger partial charge in [0.2, 0.25) is 0 Å². The van der Waals surface area contributed by atoms with Gasteiger partial charge in [-0.2, -0.15) is 0 Å². The Balaban J connectivity index is 1.63. The van der Waals surface area contributed by atoms with E-state index in [1.54, 1.807) is 0 Å². The van der Waals surface area contributed by atoms with Gasteiger partial charge in [-0.1, -0.05) is 36.4 Å². The molecule has 0 bridgehead atoms. The fraction of sp³-hybridized carbons (Fsp3) is 0.176. The minimum Gasteiger partial charge on any atom is -0.305 e. The zero-order valence-corrected chi connectivity index (χ0v) is 13.0. The van der Waals surface area contributed by atoms with Gasteiger partial charge in [-0.25, -0.2) is 0 Å². The molecule has 0 radical (unpaired) electrons. The van der Waals surface area contributed by atoms with E-state index in [4.69, 9.17) is 0 Å². The molecule has 2 heterocycles. The van der Waals surface area contributed by atoms with Crippen LogP contribution in [0.1, 0.15) is 22.7 Å². The molecular formula is C17H17NS2. The molecule has 20 heavy (non-hydrogen) atoms. The van der Waals surface area contributed by atoms with Gasteiger partial charge in [-0.05, 0) is 36.1 Å². The van der Waals surface area contributed by atoms with E-state index >= 15 is 0 Å². The third-order valence-electron chi connectivity index (χ3n) is 3.27. The van der Waals surface area contributed by atoms with E-state index in [9.17, 15) is 0 Å². The second kappa shape index (κ2) is 6.35. The van der Waals surface area contributed by atoms with Crippen molar-refractivity contribution >= 4 is 22.7 Å². The van der Waals surface area contributed by atoms with E-state index in [1.165, 1.54) is 20.2 Å². The third-order valence-corrected chi connectivity index (χ3v) is 5.46. The van der Waals surface area contributed by atoms with Crippen LogP contribution in [0, 0.1) is 0 Å². The molecule has 0 spiro atoms. The molecule has 2 aromatic heterocycles. The summed E-state index contributed by atoms with van der Waals surface area (Å²) in [7, 11) is 0. The van der Waals surface area contributed by atoms with Crippen LogP contribution in [0.15, 0.2) is 60.0 Å². The van der Waals surface area contributed by atoms with Crippen molar-refractivity contribution in [2.24, 2.45) is 0 Å². The highest BCUT2D eigenvalue weighted by molar-refractivity contribution is 7.15. The predicted octanol–water partition coefficient (Wildman–Crippen LogP) is 5.33. The first-order valence-corrected chi connectivity index (χ1v) is 8.43. The van der Waals surface area contributed by atoms with E-state index in [1.807, 2.05) is 22.7 Å². The summed E-state index contributed by atoms with van der Waals surface area (Å²) in [6.07, 6.45) is 0. The van der Waals surface area contributed by atoms with Crippen LogP contribution < -0.4 is 5.32 Å². The summed E-state index contributed by atoms with van der Waals surface area (Å²) < 4.78 is 0. The Labute approximate surface area is 127 Å². The van der Waals surface area contributed by atoms with Crippen molar-refractivity contribution in [3.63, 3.8) is 0 Å². The molecule has 0 aliphatic rings. The van der Waals surface area contributed by atoms with Crippen molar-refractivity contribution in [2.75, 3.05) is 0 Å². The zero-order chi connectivity index (χ0) is 13.8. The molecule has 1 N–H and O–H groups in total. The van der Waals surface area contributed by atoms with Crippen molar-refractivity contribution < 1.29 is 0 Å². The molecule has 0 aliphatic carbocycles. The normalized spacial score (nSPS) is 12.4. The third kappa shape index (κ3) is 3.18.